The molecule has 0 aliphatic rings. The van der Waals surface area contributed by atoms with E-state index in [0.717, 1.165) is 0 Å². The van der Waals surface area contributed by atoms with Gasteiger partial charge in [-0.25, -0.2) is 0 Å². The van der Waals surface area contributed by atoms with Crippen molar-refractivity contribution >= 4 is 11.9 Å². The zero-order valence-corrected chi connectivity index (χ0v) is 9.79. The first kappa shape index (κ1) is 15.6. The van der Waals surface area contributed by atoms with Gasteiger partial charge in [0, 0.05) is 13.8 Å². The first-order valence-electron chi connectivity index (χ1n) is 4.89. The van der Waals surface area contributed by atoms with Gasteiger partial charge in [0.2, 0.25) is 0 Å². The molecule has 4 heteroatoms. The summed E-state index contributed by atoms with van der Waals surface area (Å²) in [6.07, 6.45) is 0. The molecule has 0 radical (unpaired) electrons. The summed E-state index contributed by atoms with van der Waals surface area (Å²) in [7, 11) is 0. The monoisotopic (exact) mass is 203 g/mol. The van der Waals surface area contributed by atoms with E-state index in [9.17, 15) is 9.59 Å². The summed E-state index contributed by atoms with van der Waals surface area (Å²) in [5.41, 5.74) is 0. The number of ether oxygens (including phenoxy) is 1. The van der Waals surface area contributed by atoms with E-state index in [0.29, 0.717) is 0 Å². The molecular formula is C10H21NO3. The van der Waals surface area contributed by atoms with Crippen molar-refractivity contribution in [1.82, 2.24) is 4.90 Å². The fourth-order valence-electron chi connectivity index (χ4n) is 0.873. The fraction of sp³-hybridized carbons (Fsp3) is 0.800. The van der Waals surface area contributed by atoms with Crippen LogP contribution in [0.3, 0.4) is 0 Å². The number of esters is 2. The topological polar surface area (TPSA) is 46.6 Å². The molecule has 0 aromatic rings. The Morgan fingerprint density at radius 1 is 0.929 bits per heavy atom. The van der Waals surface area contributed by atoms with E-state index in [2.05, 4.69) is 30.4 Å². The molecule has 0 atom stereocenters. The number of carbonyl (C=O) groups is 2. The maximum atomic E-state index is 9.81. The van der Waals surface area contributed by atoms with Crippen LogP contribution in [0.25, 0.3) is 0 Å². The molecule has 0 saturated heterocycles. The van der Waals surface area contributed by atoms with Crippen molar-refractivity contribution in [2.75, 3.05) is 19.6 Å². The van der Waals surface area contributed by atoms with Crippen molar-refractivity contribution in [2.24, 2.45) is 0 Å². The van der Waals surface area contributed by atoms with Crippen LogP contribution in [0.1, 0.15) is 34.6 Å². The summed E-state index contributed by atoms with van der Waals surface area (Å²) in [6, 6.07) is 0. The lowest BCUT2D eigenvalue weighted by molar-refractivity contribution is -0.156. The quantitative estimate of drug-likeness (QED) is 0.514. The highest BCUT2D eigenvalue weighted by Crippen LogP contribution is 1.81. The lowest BCUT2D eigenvalue weighted by Crippen LogP contribution is -2.21. The van der Waals surface area contributed by atoms with Crippen LogP contribution in [0.5, 0.6) is 0 Å². The van der Waals surface area contributed by atoms with Gasteiger partial charge in [-0.05, 0) is 19.6 Å². The van der Waals surface area contributed by atoms with Crippen molar-refractivity contribution < 1.29 is 14.3 Å². The first-order chi connectivity index (χ1) is 6.47. The third-order valence-corrected chi connectivity index (χ3v) is 1.63. The lowest BCUT2D eigenvalue weighted by atomic mass is 10.5. The Morgan fingerprint density at radius 2 is 1.21 bits per heavy atom. The van der Waals surface area contributed by atoms with E-state index < -0.39 is 11.9 Å². The van der Waals surface area contributed by atoms with Crippen LogP contribution < -0.4 is 0 Å². The van der Waals surface area contributed by atoms with Crippen LogP contribution in [0, 0.1) is 0 Å². The van der Waals surface area contributed by atoms with Gasteiger partial charge in [-0.3, -0.25) is 9.59 Å². The molecule has 0 bridgehead atoms. The Kier molecular flexibility index (Phi) is 11.3. The molecule has 14 heavy (non-hydrogen) atoms. The molecule has 0 aliphatic heterocycles. The number of carbonyl (C=O) groups excluding carboxylic acids is 2. The predicted molar refractivity (Wildman–Crippen MR) is 55.9 cm³/mol. The van der Waals surface area contributed by atoms with Crippen LogP contribution >= 0.6 is 0 Å². The van der Waals surface area contributed by atoms with Gasteiger partial charge in [0.1, 0.15) is 0 Å². The third-order valence-electron chi connectivity index (χ3n) is 1.63. The van der Waals surface area contributed by atoms with E-state index >= 15 is 0 Å². The van der Waals surface area contributed by atoms with Crippen LogP contribution in [-0.4, -0.2) is 36.5 Å². The average molecular weight is 203 g/mol. The highest BCUT2D eigenvalue weighted by Gasteiger charge is 1.93. The van der Waals surface area contributed by atoms with Crippen LogP contribution in [0.2, 0.25) is 0 Å². The molecule has 0 aromatic heterocycles. The molecule has 0 saturated carbocycles. The average Bonchev–Trinajstić information content (AvgIpc) is 2.06. The second kappa shape index (κ2) is 10.2. The van der Waals surface area contributed by atoms with Crippen LogP contribution in [0.15, 0.2) is 0 Å². The van der Waals surface area contributed by atoms with Gasteiger partial charge in [-0.1, -0.05) is 20.8 Å². The predicted octanol–water partition coefficient (Wildman–Crippen LogP) is 1.44. The maximum Gasteiger partial charge on any atom is 0.310 e. The Labute approximate surface area is 86.2 Å². The Balaban J connectivity index is 0. The molecule has 0 heterocycles. The standard InChI is InChI=1S/C6H15N.C4H6O3/c1-4-7(5-2)6-3;1-3(5)7-4(2)6/h4-6H2,1-3H3;1-2H3. The van der Waals surface area contributed by atoms with Gasteiger partial charge in [0.25, 0.3) is 0 Å². The van der Waals surface area contributed by atoms with Gasteiger partial charge in [-0.15, -0.1) is 0 Å². The van der Waals surface area contributed by atoms with Crippen molar-refractivity contribution in [3.05, 3.63) is 0 Å². The van der Waals surface area contributed by atoms with Gasteiger partial charge in [0.05, 0.1) is 0 Å². The van der Waals surface area contributed by atoms with Crippen LogP contribution in [0.4, 0.5) is 0 Å². The van der Waals surface area contributed by atoms with Gasteiger partial charge < -0.3 is 9.64 Å². The number of hydrogen-bond acceptors (Lipinski definition) is 4. The summed E-state index contributed by atoms with van der Waals surface area (Å²) in [5, 5.41) is 0. The summed E-state index contributed by atoms with van der Waals surface area (Å²) in [5.74, 6) is -1.12. The highest BCUT2D eigenvalue weighted by atomic mass is 16.6. The Morgan fingerprint density at radius 3 is 1.21 bits per heavy atom. The normalized spacial score (nSPS) is 9.00. The van der Waals surface area contributed by atoms with Crippen molar-refractivity contribution in [3.8, 4) is 0 Å². The number of nitrogens with zero attached hydrogens (tertiary/aromatic N) is 1. The highest BCUT2D eigenvalue weighted by molar-refractivity contribution is 5.82. The van der Waals surface area contributed by atoms with Gasteiger partial charge in [-0.2, -0.15) is 0 Å². The SMILES string of the molecule is CC(=O)OC(C)=O.CCN(CC)CC. The van der Waals surface area contributed by atoms with E-state index in [1.165, 1.54) is 33.5 Å². The molecule has 0 fully saturated rings. The number of hydrogen-bond donors (Lipinski definition) is 0. The molecule has 0 amide bonds. The second-order valence-electron chi connectivity index (χ2n) is 2.70. The second-order valence-corrected chi connectivity index (χ2v) is 2.70. The minimum atomic E-state index is -0.562. The Hall–Kier alpha value is -0.900. The molecular weight excluding hydrogens is 182 g/mol. The fourth-order valence-corrected chi connectivity index (χ4v) is 0.873. The summed E-state index contributed by atoms with van der Waals surface area (Å²) >= 11 is 0. The molecule has 0 spiro atoms. The van der Waals surface area contributed by atoms with Gasteiger partial charge in [0.15, 0.2) is 0 Å². The van der Waals surface area contributed by atoms with Crippen molar-refractivity contribution in [1.29, 1.82) is 0 Å². The zero-order chi connectivity index (χ0) is 11.6. The smallest absolute Gasteiger partial charge is 0.310 e. The van der Waals surface area contributed by atoms with Gasteiger partial charge >= 0.3 is 11.9 Å². The lowest BCUT2D eigenvalue weighted by Gasteiger charge is -2.13. The molecule has 0 N–H and O–H groups in total. The minimum Gasteiger partial charge on any atom is -0.394 e. The molecule has 0 aromatic carbocycles. The minimum absolute atomic E-state index is 0.562. The molecule has 4 nitrogen and oxygen atoms in total. The van der Waals surface area contributed by atoms with Crippen molar-refractivity contribution in [2.45, 2.75) is 34.6 Å². The molecule has 0 aliphatic carbocycles. The number of rotatable bonds is 3. The summed E-state index contributed by atoms with van der Waals surface area (Å²) in [6.45, 7) is 12.5. The zero-order valence-electron chi connectivity index (χ0n) is 9.79. The molecule has 84 valence electrons. The van der Waals surface area contributed by atoms with E-state index in [1.807, 2.05) is 0 Å². The maximum absolute atomic E-state index is 9.81. The summed E-state index contributed by atoms with van der Waals surface area (Å²) in [4.78, 5) is 22.0. The molecule has 0 rings (SSSR count). The van der Waals surface area contributed by atoms with E-state index in [4.69, 9.17) is 0 Å². The largest absolute Gasteiger partial charge is 0.394 e. The Bertz CT molecular complexity index is 147. The molecule has 0 unspecified atom stereocenters. The third kappa shape index (κ3) is 13.7. The summed E-state index contributed by atoms with van der Waals surface area (Å²) < 4.78 is 3.97. The first-order valence-corrected chi connectivity index (χ1v) is 4.89. The van der Waals surface area contributed by atoms with E-state index in [-0.39, 0.29) is 0 Å². The van der Waals surface area contributed by atoms with Crippen LogP contribution in [-0.2, 0) is 14.3 Å². The van der Waals surface area contributed by atoms with E-state index in [1.54, 1.807) is 0 Å². The van der Waals surface area contributed by atoms with Crippen molar-refractivity contribution in [3.63, 3.8) is 0 Å².